The molecule has 1 amide bonds. The van der Waals surface area contributed by atoms with Crippen LogP contribution < -0.4 is 20.5 Å². The first-order valence-corrected chi connectivity index (χ1v) is 14.6. The summed E-state index contributed by atoms with van der Waals surface area (Å²) in [5, 5.41) is 4.93. The van der Waals surface area contributed by atoms with Crippen LogP contribution in [0.15, 0.2) is 79.1 Å². The fraction of sp³-hybridized carbons (Fsp3) is 0.161. The van der Waals surface area contributed by atoms with E-state index in [-0.39, 0.29) is 23.0 Å². The molecule has 44 heavy (non-hydrogen) atoms. The van der Waals surface area contributed by atoms with E-state index < -0.39 is 22.7 Å². The average molecular weight is 638 g/mol. The summed E-state index contributed by atoms with van der Waals surface area (Å²) in [6.07, 6.45) is 3.21. The number of rotatable bonds is 11. The van der Waals surface area contributed by atoms with E-state index in [0.29, 0.717) is 34.7 Å². The minimum absolute atomic E-state index is 0.0190. The van der Waals surface area contributed by atoms with E-state index in [1.807, 2.05) is 18.2 Å². The van der Waals surface area contributed by atoms with Gasteiger partial charge in [0.2, 0.25) is 11.0 Å². The highest BCUT2D eigenvalue weighted by molar-refractivity contribution is 7.80. The van der Waals surface area contributed by atoms with E-state index in [0.717, 1.165) is 28.7 Å². The van der Waals surface area contributed by atoms with Gasteiger partial charge < -0.3 is 20.1 Å². The van der Waals surface area contributed by atoms with E-state index in [9.17, 15) is 13.7 Å². The van der Waals surface area contributed by atoms with E-state index >= 15 is 4.39 Å². The zero-order chi connectivity index (χ0) is 31.1. The maximum Gasteiger partial charge on any atom is 0.230 e. The Balaban J connectivity index is 1.24. The fourth-order valence-corrected chi connectivity index (χ4v) is 5.40. The second-order valence-electron chi connectivity index (χ2n) is 9.51. The Kier molecular flexibility index (Phi) is 10.1. The summed E-state index contributed by atoms with van der Waals surface area (Å²) in [6.45, 7) is 2.04. The van der Waals surface area contributed by atoms with Crippen molar-refractivity contribution in [3.8, 4) is 22.1 Å². The normalized spacial score (nSPS) is 11.0. The van der Waals surface area contributed by atoms with E-state index in [1.54, 1.807) is 25.6 Å². The molecule has 0 fully saturated rings. The third-order valence-corrected chi connectivity index (χ3v) is 7.75. The molecule has 0 bridgehead atoms. The number of aromatic nitrogens is 2. The summed E-state index contributed by atoms with van der Waals surface area (Å²) >= 11 is 6.37. The molecule has 0 aliphatic rings. The zero-order valence-corrected chi connectivity index (χ0v) is 25.0. The van der Waals surface area contributed by atoms with Gasteiger partial charge in [-0.15, -0.1) is 11.3 Å². The summed E-state index contributed by atoms with van der Waals surface area (Å²) in [5.74, 6) is -1.66. The third kappa shape index (κ3) is 7.74. The number of carbonyl (C=O) groups is 1. The Morgan fingerprint density at radius 3 is 2.52 bits per heavy atom. The molecular weight excluding hydrogens is 612 g/mol. The van der Waals surface area contributed by atoms with Crippen LogP contribution >= 0.6 is 23.6 Å². The first-order valence-electron chi connectivity index (χ1n) is 13.4. The molecule has 0 radical (unpaired) electrons. The molecule has 0 unspecified atom stereocenters. The maximum absolute atomic E-state index is 15.1. The Labute approximate surface area is 260 Å². The second-order valence-corrected chi connectivity index (χ2v) is 10.9. The molecule has 13 heteroatoms. The molecule has 5 rings (SSSR count). The summed E-state index contributed by atoms with van der Waals surface area (Å²) in [4.78, 5) is 22.1. The monoisotopic (exact) mass is 637 g/mol. The van der Waals surface area contributed by atoms with Crippen molar-refractivity contribution in [2.24, 2.45) is 0 Å². The SMILES string of the molecule is COCCNCc1ccc(-c2cc3nccc(Oc4ccc(N(F)C(=S)NC(=O)Cc5ccc(F)cc5)cc4F)c3s2)nc1. The minimum Gasteiger partial charge on any atom is -0.453 e. The smallest absolute Gasteiger partial charge is 0.230 e. The number of benzene rings is 2. The number of anilines is 1. The summed E-state index contributed by atoms with van der Waals surface area (Å²) in [6, 6.07) is 16.2. The second kappa shape index (κ2) is 14.4. The van der Waals surface area contributed by atoms with Crippen LogP contribution in [0, 0.1) is 11.6 Å². The fourth-order valence-electron chi connectivity index (χ4n) is 4.13. The lowest BCUT2D eigenvalue weighted by Crippen LogP contribution is -2.39. The first kappa shape index (κ1) is 31.0. The highest BCUT2D eigenvalue weighted by atomic mass is 32.1. The number of hydrogen-bond donors (Lipinski definition) is 2. The Bertz CT molecular complexity index is 1770. The molecule has 0 atom stereocenters. The summed E-state index contributed by atoms with van der Waals surface area (Å²) < 4.78 is 54.7. The molecule has 0 saturated heterocycles. The molecule has 3 aromatic heterocycles. The third-order valence-electron chi connectivity index (χ3n) is 6.33. The molecule has 0 aliphatic carbocycles. The Morgan fingerprint density at radius 1 is 1.00 bits per heavy atom. The van der Waals surface area contributed by atoms with Gasteiger partial charge in [-0.1, -0.05) is 22.7 Å². The zero-order valence-electron chi connectivity index (χ0n) is 23.4. The Morgan fingerprint density at radius 2 is 1.80 bits per heavy atom. The van der Waals surface area contributed by atoms with Crippen molar-refractivity contribution in [2.45, 2.75) is 13.0 Å². The molecular formula is C31H26F3N5O3S2. The number of thiocarbonyl (C=S) groups is 1. The standard InChI is InChI=1S/C31H26F3N5O3S2/c1-41-13-12-35-17-20-4-8-24(37-18-20)28-16-25-30(44-28)27(10-11-36-25)42-26-9-7-22(15-23(26)33)39(34)31(43)38-29(40)14-19-2-5-21(32)6-3-19/h2-11,15-16,18,35H,12-14,17H2,1H3,(H,38,40,43). The number of nitrogens with one attached hydrogen (secondary N) is 2. The largest absolute Gasteiger partial charge is 0.453 e. The van der Waals surface area contributed by atoms with Crippen LogP contribution in [0.2, 0.25) is 0 Å². The van der Waals surface area contributed by atoms with Crippen molar-refractivity contribution in [1.29, 1.82) is 0 Å². The topological polar surface area (TPSA) is 88.6 Å². The van der Waals surface area contributed by atoms with Crippen LogP contribution in [-0.2, 0) is 22.5 Å². The molecule has 0 saturated carbocycles. The number of fused-ring (bicyclic) bond motifs is 1. The highest BCUT2D eigenvalue weighted by Crippen LogP contribution is 2.39. The van der Waals surface area contributed by atoms with Gasteiger partial charge in [0.05, 0.1) is 39.5 Å². The van der Waals surface area contributed by atoms with Crippen LogP contribution in [0.5, 0.6) is 11.5 Å². The quantitative estimate of drug-likeness (QED) is 0.0965. The van der Waals surface area contributed by atoms with Crippen molar-refractivity contribution >= 4 is 50.5 Å². The molecule has 5 aromatic rings. The summed E-state index contributed by atoms with van der Waals surface area (Å²) in [7, 11) is 1.66. The van der Waals surface area contributed by atoms with Gasteiger partial charge in [-0.05, 0) is 59.7 Å². The molecule has 0 aliphatic heterocycles. The number of ether oxygens (including phenoxy) is 2. The molecule has 3 heterocycles. The van der Waals surface area contributed by atoms with E-state index in [2.05, 4.69) is 20.6 Å². The number of pyridine rings is 2. The predicted octanol–water partition coefficient (Wildman–Crippen LogP) is 6.50. The molecule has 226 valence electrons. The van der Waals surface area contributed by atoms with Gasteiger partial charge in [-0.25, -0.2) is 8.78 Å². The number of methoxy groups -OCH3 is 1. The van der Waals surface area contributed by atoms with Crippen LogP contribution in [0.25, 0.3) is 20.8 Å². The van der Waals surface area contributed by atoms with Crippen LogP contribution in [0.4, 0.5) is 18.9 Å². The molecule has 2 N–H and O–H groups in total. The molecule has 2 aromatic carbocycles. The van der Waals surface area contributed by atoms with Gasteiger partial charge in [0.15, 0.2) is 11.6 Å². The lowest BCUT2D eigenvalue weighted by molar-refractivity contribution is -0.119. The van der Waals surface area contributed by atoms with Gasteiger partial charge >= 0.3 is 0 Å². The van der Waals surface area contributed by atoms with Crippen LogP contribution in [0.3, 0.4) is 0 Å². The van der Waals surface area contributed by atoms with Crippen LogP contribution in [0.1, 0.15) is 11.1 Å². The number of thiophene rings is 1. The van der Waals surface area contributed by atoms with Gasteiger partial charge in [0.25, 0.3) is 0 Å². The highest BCUT2D eigenvalue weighted by Gasteiger charge is 2.18. The van der Waals surface area contributed by atoms with Gasteiger partial charge in [0.1, 0.15) is 11.6 Å². The lowest BCUT2D eigenvalue weighted by atomic mass is 10.1. The van der Waals surface area contributed by atoms with E-state index in [1.165, 1.54) is 47.7 Å². The number of halogens is 3. The van der Waals surface area contributed by atoms with Crippen molar-refractivity contribution in [1.82, 2.24) is 20.6 Å². The van der Waals surface area contributed by atoms with Crippen molar-refractivity contribution in [2.75, 3.05) is 25.4 Å². The minimum atomic E-state index is -0.844. The summed E-state index contributed by atoms with van der Waals surface area (Å²) in [5.41, 5.74) is 2.72. The molecule has 8 nitrogen and oxygen atoms in total. The van der Waals surface area contributed by atoms with Gasteiger partial charge in [0, 0.05) is 44.7 Å². The molecule has 0 spiro atoms. The first-order chi connectivity index (χ1) is 21.3. The number of hydrogen-bond acceptors (Lipinski definition) is 8. The predicted molar refractivity (Wildman–Crippen MR) is 167 cm³/mol. The Hall–Kier alpha value is -4.43. The lowest BCUT2D eigenvalue weighted by Gasteiger charge is -2.16. The van der Waals surface area contributed by atoms with E-state index in [4.69, 9.17) is 21.7 Å². The van der Waals surface area contributed by atoms with Gasteiger partial charge in [-0.2, -0.15) is 5.12 Å². The number of amides is 1. The van der Waals surface area contributed by atoms with Crippen molar-refractivity contribution in [3.63, 3.8) is 0 Å². The number of nitrogens with zero attached hydrogens (tertiary/aromatic N) is 3. The van der Waals surface area contributed by atoms with Crippen molar-refractivity contribution < 1.29 is 27.5 Å². The number of carbonyl (C=O) groups excluding carboxylic acids is 1. The van der Waals surface area contributed by atoms with Gasteiger partial charge in [-0.3, -0.25) is 14.8 Å². The van der Waals surface area contributed by atoms with Crippen molar-refractivity contribution in [3.05, 3.63) is 102 Å². The maximum atomic E-state index is 15.1. The van der Waals surface area contributed by atoms with Crippen LogP contribution in [-0.4, -0.2) is 41.2 Å². The average Bonchev–Trinajstić information content (AvgIpc) is 3.47.